The van der Waals surface area contributed by atoms with Gasteiger partial charge in [-0.3, -0.25) is 4.79 Å². The summed E-state index contributed by atoms with van der Waals surface area (Å²) < 4.78 is 2.01. The maximum Gasteiger partial charge on any atom is 0.223 e. The molecule has 2 heterocycles. The van der Waals surface area contributed by atoms with Gasteiger partial charge in [0.15, 0.2) is 0 Å². The first-order valence-electron chi connectivity index (χ1n) is 6.87. The van der Waals surface area contributed by atoms with Crippen molar-refractivity contribution in [3.8, 4) is 6.07 Å². The highest BCUT2D eigenvalue weighted by Crippen LogP contribution is 2.27. The molecule has 1 fully saturated rings. The average molecular weight is 292 g/mol. The maximum absolute atomic E-state index is 12.0. The number of carbonyl (C=O) groups excluding carboxylic acids is 1. The van der Waals surface area contributed by atoms with Crippen molar-refractivity contribution in [2.75, 3.05) is 11.5 Å². The van der Waals surface area contributed by atoms with Crippen LogP contribution in [0.2, 0.25) is 0 Å². The van der Waals surface area contributed by atoms with Crippen LogP contribution in [0.3, 0.4) is 0 Å². The smallest absolute Gasteiger partial charge is 0.223 e. The van der Waals surface area contributed by atoms with E-state index in [-0.39, 0.29) is 5.91 Å². The number of carbonyl (C=O) groups is 1. The second kappa shape index (κ2) is 6.31. The minimum Gasteiger partial charge on any atom is -0.337 e. The van der Waals surface area contributed by atoms with Crippen LogP contribution < -0.4 is 5.32 Å². The third kappa shape index (κ3) is 3.34. The van der Waals surface area contributed by atoms with Gasteiger partial charge in [-0.1, -0.05) is 13.8 Å². The number of aryl methyl sites for hydroxylation is 1. The number of hydrogen-bond acceptors (Lipinski definition) is 4. The van der Waals surface area contributed by atoms with E-state index >= 15 is 0 Å². The lowest BCUT2D eigenvalue weighted by Crippen LogP contribution is -2.47. The molecule has 0 aliphatic carbocycles. The highest BCUT2D eigenvalue weighted by atomic mass is 32.2. The van der Waals surface area contributed by atoms with Crippen molar-refractivity contribution in [1.82, 2.24) is 14.9 Å². The second-order valence-corrected chi connectivity index (χ2v) is 6.53. The number of thioether (sulfide) groups is 1. The molecule has 1 aliphatic heterocycles. The van der Waals surface area contributed by atoms with Crippen LogP contribution in [0.1, 0.15) is 38.4 Å². The van der Waals surface area contributed by atoms with E-state index in [1.807, 2.05) is 10.8 Å². The maximum atomic E-state index is 12.0. The number of imidazole rings is 1. The number of hydrogen-bond donors (Lipinski definition) is 1. The Kier molecular flexibility index (Phi) is 4.71. The molecule has 20 heavy (non-hydrogen) atoms. The summed E-state index contributed by atoms with van der Waals surface area (Å²) in [5.41, 5.74) is -0.655. The van der Waals surface area contributed by atoms with Crippen molar-refractivity contribution < 1.29 is 4.79 Å². The Morgan fingerprint density at radius 1 is 1.70 bits per heavy atom. The molecule has 0 unspecified atom stereocenters. The first-order valence-corrected chi connectivity index (χ1v) is 8.03. The fourth-order valence-electron chi connectivity index (χ4n) is 2.34. The average Bonchev–Trinajstić information content (AvgIpc) is 3.05. The molecular formula is C14H20N4OS. The largest absolute Gasteiger partial charge is 0.337 e. The van der Waals surface area contributed by atoms with Gasteiger partial charge in [0.25, 0.3) is 0 Å². The molecule has 0 bridgehead atoms. The Morgan fingerprint density at radius 3 is 3.10 bits per heavy atom. The standard InChI is InChI=1S/C14H20N4OS/c1-11(2)13-16-5-7-18(13)6-3-12(19)17-14(9-15)4-8-20-10-14/h5,7,11H,3-4,6,8,10H2,1-2H3,(H,17,19)/t14-/m0/s1. The van der Waals surface area contributed by atoms with Crippen LogP contribution in [-0.2, 0) is 11.3 Å². The number of nitrogens with zero attached hydrogens (tertiary/aromatic N) is 3. The highest BCUT2D eigenvalue weighted by Gasteiger charge is 2.35. The second-order valence-electron chi connectivity index (χ2n) is 5.43. The molecule has 0 radical (unpaired) electrons. The topological polar surface area (TPSA) is 70.7 Å². The lowest BCUT2D eigenvalue weighted by molar-refractivity contribution is -0.122. The van der Waals surface area contributed by atoms with Gasteiger partial charge < -0.3 is 9.88 Å². The van der Waals surface area contributed by atoms with Gasteiger partial charge in [0.1, 0.15) is 11.4 Å². The molecule has 0 aromatic carbocycles. The van der Waals surface area contributed by atoms with Gasteiger partial charge in [0, 0.05) is 37.0 Å². The fraction of sp³-hybridized carbons (Fsp3) is 0.643. The zero-order valence-electron chi connectivity index (χ0n) is 11.9. The molecule has 1 N–H and O–H groups in total. The van der Waals surface area contributed by atoms with Crippen LogP contribution in [0.4, 0.5) is 0 Å². The van der Waals surface area contributed by atoms with Crippen LogP contribution in [0.25, 0.3) is 0 Å². The predicted octanol–water partition coefficient (Wildman–Crippen LogP) is 1.91. The van der Waals surface area contributed by atoms with Crippen LogP contribution in [0.15, 0.2) is 12.4 Å². The van der Waals surface area contributed by atoms with Gasteiger partial charge >= 0.3 is 0 Å². The van der Waals surface area contributed by atoms with Gasteiger partial charge in [-0.2, -0.15) is 17.0 Å². The Hall–Kier alpha value is -1.48. The lowest BCUT2D eigenvalue weighted by atomic mass is 10.0. The normalized spacial score (nSPS) is 21.9. The lowest BCUT2D eigenvalue weighted by Gasteiger charge is -2.21. The molecule has 0 spiro atoms. The quantitative estimate of drug-likeness (QED) is 0.900. The van der Waals surface area contributed by atoms with Crippen LogP contribution in [-0.4, -0.2) is 32.5 Å². The summed E-state index contributed by atoms with van der Waals surface area (Å²) in [6, 6.07) is 2.26. The molecule has 1 amide bonds. The van der Waals surface area contributed by atoms with E-state index in [4.69, 9.17) is 0 Å². The van der Waals surface area contributed by atoms with Gasteiger partial charge in [-0.25, -0.2) is 4.98 Å². The van der Waals surface area contributed by atoms with Crippen molar-refractivity contribution in [3.63, 3.8) is 0 Å². The fourth-order valence-corrected chi connectivity index (χ4v) is 3.61. The molecule has 1 saturated heterocycles. The Balaban J connectivity index is 1.89. The zero-order chi connectivity index (χ0) is 14.6. The van der Waals surface area contributed by atoms with Crippen LogP contribution >= 0.6 is 11.8 Å². The number of rotatable bonds is 5. The third-order valence-corrected chi connectivity index (χ3v) is 4.65. The minimum atomic E-state index is -0.655. The minimum absolute atomic E-state index is 0.0579. The summed E-state index contributed by atoms with van der Waals surface area (Å²) in [6.07, 6.45) is 4.78. The van der Waals surface area contributed by atoms with Gasteiger partial charge in [-0.15, -0.1) is 0 Å². The third-order valence-electron chi connectivity index (χ3n) is 3.46. The summed E-state index contributed by atoms with van der Waals surface area (Å²) >= 11 is 1.72. The van der Waals surface area contributed by atoms with Gasteiger partial charge in [-0.05, 0) is 12.2 Å². The molecule has 108 valence electrons. The van der Waals surface area contributed by atoms with Gasteiger partial charge in [0.05, 0.1) is 6.07 Å². The summed E-state index contributed by atoms with van der Waals surface area (Å²) in [5, 5.41) is 12.1. The summed E-state index contributed by atoms with van der Waals surface area (Å²) in [7, 11) is 0. The molecule has 5 nitrogen and oxygen atoms in total. The summed E-state index contributed by atoms with van der Waals surface area (Å²) in [5.74, 6) is 2.90. The number of nitrogens with one attached hydrogen (secondary N) is 1. The number of aromatic nitrogens is 2. The van der Waals surface area contributed by atoms with E-state index in [0.717, 1.165) is 18.0 Å². The van der Waals surface area contributed by atoms with Crippen molar-refractivity contribution >= 4 is 17.7 Å². The molecule has 1 atom stereocenters. The van der Waals surface area contributed by atoms with E-state index < -0.39 is 5.54 Å². The molecule has 2 rings (SSSR count). The van der Waals surface area contributed by atoms with Crippen molar-refractivity contribution in [2.45, 2.75) is 44.7 Å². The molecular weight excluding hydrogens is 272 g/mol. The van der Waals surface area contributed by atoms with E-state index in [0.29, 0.717) is 24.6 Å². The number of nitriles is 1. The molecule has 1 aromatic heterocycles. The van der Waals surface area contributed by atoms with E-state index in [2.05, 4.69) is 30.2 Å². The van der Waals surface area contributed by atoms with Crippen molar-refractivity contribution in [3.05, 3.63) is 18.2 Å². The SMILES string of the molecule is CC(C)c1nccn1CCC(=O)N[C@]1(C#N)CCSC1. The monoisotopic (exact) mass is 292 g/mol. The van der Waals surface area contributed by atoms with Crippen molar-refractivity contribution in [2.24, 2.45) is 0 Å². The Morgan fingerprint density at radius 2 is 2.50 bits per heavy atom. The van der Waals surface area contributed by atoms with Gasteiger partial charge in [0.2, 0.25) is 5.91 Å². The van der Waals surface area contributed by atoms with Crippen LogP contribution in [0, 0.1) is 11.3 Å². The Bertz CT molecular complexity index is 511. The number of amides is 1. The van der Waals surface area contributed by atoms with Crippen molar-refractivity contribution in [1.29, 1.82) is 5.26 Å². The van der Waals surface area contributed by atoms with Crippen LogP contribution in [0.5, 0.6) is 0 Å². The summed E-state index contributed by atoms with van der Waals surface area (Å²) in [4.78, 5) is 16.3. The first-order chi connectivity index (χ1) is 9.56. The molecule has 1 aliphatic rings. The summed E-state index contributed by atoms with van der Waals surface area (Å²) in [6.45, 7) is 4.77. The predicted molar refractivity (Wildman–Crippen MR) is 79.4 cm³/mol. The molecule has 1 aromatic rings. The molecule has 0 saturated carbocycles. The molecule has 6 heteroatoms. The van der Waals surface area contributed by atoms with E-state index in [9.17, 15) is 10.1 Å². The first kappa shape index (κ1) is 14.9. The van der Waals surface area contributed by atoms with E-state index in [1.165, 1.54) is 0 Å². The Labute approximate surface area is 123 Å². The zero-order valence-corrected chi connectivity index (χ0v) is 12.7. The van der Waals surface area contributed by atoms with E-state index in [1.54, 1.807) is 18.0 Å². The highest BCUT2D eigenvalue weighted by molar-refractivity contribution is 7.99.